The molecule has 4 heteroatoms. The fourth-order valence-electron chi connectivity index (χ4n) is 1.89. The van der Waals surface area contributed by atoms with Crippen molar-refractivity contribution in [3.63, 3.8) is 0 Å². The van der Waals surface area contributed by atoms with E-state index in [0.717, 1.165) is 5.56 Å². The lowest BCUT2D eigenvalue weighted by molar-refractivity contribution is 0.0964. The number of alkyl halides is 1. The first kappa shape index (κ1) is 11.9. The van der Waals surface area contributed by atoms with Gasteiger partial charge < -0.3 is 9.64 Å². The van der Waals surface area contributed by atoms with Crippen LogP contribution in [-0.2, 0) is 11.3 Å². The molecule has 0 saturated carbocycles. The topological polar surface area (TPSA) is 29.5 Å². The Morgan fingerprint density at radius 3 is 2.76 bits per heavy atom. The molecule has 0 aromatic heterocycles. The van der Waals surface area contributed by atoms with Gasteiger partial charge in [-0.1, -0.05) is 30.3 Å². The molecule has 0 bridgehead atoms. The summed E-state index contributed by atoms with van der Waals surface area (Å²) in [6.07, 6.45) is -0.0526. The van der Waals surface area contributed by atoms with Crippen molar-refractivity contribution in [1.29, 1.82) is 0 Å². The Hall–Kier alpha value is -1.58. The number of nitrogens with zero attached hydrogens (tertiary/aromatic N) is 1. The fraction of sp³-hybridized carbons (Fsp3) is 0.462. The van der Waals surface area contributed by atoms with Crippen molar-refractivity contribution < 1.29 is 13.9 Å². The minimum absolute atomic E-state index is 0.126. The molecule has 1 aliphatic heterocycles. The van der Waals surface area contributed by atoms with Crippen molar-refractivity contribution in [2.45, 2.75) is 25.6 Å². The molecule has 0 aliphatic carbocycles. The molecule has 1 atom stereocenters. The van der Waals surface area contributed by atoms with Crippen molar-refractivity contribution >= 4 is 6.09 Å². The van der Waals surface area contributed by atoms with Crippen LogP contribution >= 0.6 is 0 Å². The summed E-state index contributed by atoms with van der Waals surface area (Å²) in [6.45, 7) is 2.30. The molecule has 0 radical (unpaired) electrons. The second kappa shape index (κ2) is 4.73. The van der Waals surface area contributed by atoms with E-state index in [9.17, 15) is 9.18 Å². The van der Waals surface area contributed by atoms with Crippen LogP contribution in [0.3, 0.4) is 0 Å². The molecule has 0 unspecified atom stereocenters. The predicted octanol–water partition coefficient (Wildman–Crippen LogP) is 2.76. The van der Waals surface area contributed by atoms with Gasteiger partial charge in [0, 0.05) is 13.0 Å². The average molecular weight is 237 g/mol. The number of halogens is 1. The van der Waals surface area contributed by atoms with Gasteiger partial charge in [-0.25, -0.2) is 9.18 Å². The molecule has 1 heterocycles. The highest BCUT2D eigenvalue weighted by Gasteiger charge is 2.36. The third kappa shape index (κ3) is 3.19. The van der Waals surface area contributed by atoms with Gasteiger partial charge in [-0.15, -0.1) is 0 Å². The molecule has 1 aromatic carbocycles. The van der Waals surface area contributed by atoms with Crippen molar-refractivity contribution in [2.24, 2.45) is 0 Å². The third-order valence-corrected chi connectivity index (χ3v) is 2.89. The van der Waals surface area contributed by atoms with Crippen molar-refractivity contribution in [1.82, 2.24) is 4.90 Å². The monoisotopic (exact) mass is 237 g/mol. The second-order valence-corrected chi connectivity index (χ2v) is 4.63. The number of carbonyl (C=O) groups excluding carboxylic acids is 1. The van der Waals surface area contributed by atoms with Crippen LogP contribution in [0, 0.1) is 0 Å². The van der Waals surface area contributed by atoms with E-state index in [0.29, 0.717) is 13.0 Å². The number of hydrogen-bond donors (Lipinski definition) is 0. The normalized spacial score (nSPS) is 23.8. The zero-order chi connectivity index (χ0) is 12.3. The Morgan fingerprint density at radius 1 is 1.47 bits per heavy atom. The van der Waals surface area contributed by atoms with E-state index in [2.05, 4.69) is 0 Å². The zero-order valence-electron chi connectivity index (χ0n) is 9.86. The van der Waals surface area contributed by atoms with Gasteiger partial charge in [0.05, 0.1) is 6.54 Å². The first-order chi connectivity index (χ1) is 8.07. The third-order valence-electron chi connectivity index (χ3n) is 2.89. The Kier molecular flexibility index (Phi) is 3.31. The van der Waals surface area contributed by atoms with Crippen molar-refractivity contribution in [3.05, 3.63) is 35.9 Å². The van der Waals surface area contributed by atoms with Crippen LogP contribution in [0.1, 0.15) is 18.9 Å². The van der Waals surface area contributed by atoms with Gasteiger partial charge >= 0.3 is 6.09 Å². The lowest BCUT2D eigenvalue weighted by Crippen LogP contribution is -2.32. The maximum Gasteiger partial charge on any atom is 0.410 e. The van der Waals surface area contributed by atoms with Crippen LogP contribution in [0.25, 0.3) is 0 Å². The zero-order valence-corrected chi connectivity index (χ0v) is 9.86. The smallest absolute Gasteiger partial charge is 0.410 e. The van der Waals surface area contributed by atoms with Gasteiger partial charge in [0.25, 0.3) is 0 Å². The summed E-state index contributed by atoms with van der Waals surface area (Å²) in [5, 5.41) is 0. The maximum atomic E-state index is 13.5. The molecule has 1 aromatic rings. The lowest BCUT2D eigenvalue weighted by atomic mass is 10.1. The summed E-state index contributed by atoms with van der Waals surface area (Å²) in [6, 6.07) is 9.45. The van der Waals surface area contributed by atoms with Crippen LogP contribution < -0.4 is 0 Å². The highest BCUT2D eigenvalue weighted by molar-refractivity contribution is 5.68. The molecule has 2 rings (SSSR count). The van der Waals surface area contributed by atoms with Gasteiger partial charge in [0.2, 0.25) is 0 Å². The van der Waals surface area contributed by atoms with E-state index in [-0.39, 0.29) is 13.2 Å². The molecular weight excluding hydrogens is 221 g/mol. The summed E-state index contributed by atoms with van der Waals surface area (Å²) in [7, 11) is 0. The second-order valence-electron chi connectivity index (χ2n) is 4.63. The Balaban J connectivity index is 1.83. The number of rotatable bonds is 2. The first-order valence-corrected chi connectivity index (χ1v) is 5.71. The molecule has 1 saturated heterocycles. The van der Waals surface area contributed by atoms with Crippen LogP contribution in [-0.4, -0.2) is 29.8 Å². The largest absolute Gasteiger partial charge is 0.445 e. The van der Waals surface area contributed by atoms with Crippen LogP contribution in [0.4, 0.5) is 9.18 Å². The molecular formula is C13H16FNO2. The predicted molar refractivity (Wildman–Crippen MR) is 62.3 cm³/mol. The number of ether oxygens (including phenoxy) is 1. The Labute approximate surface area is 100 Å². The molecule has 17 heavy (non-hydrogen) atoms. The van der Waals surface area contributed by atoms with Crippen LogP contribution in [0.5, 0.6) is 0 Å². The molecule has 0 N–H and O–H groups in total. The van der Waals surface area contributed by atoms with Gasteiger partial charge in [-0.3, -0.25) is 0 Å². The quantitative estimate of drug-likeness (QED) is 0.791. The molecule has 3 nitrogen and oxygen atoms in total. The number of carbonyl (C=O) groups is 1. The number of amides is 1. The van der Waals surface area contributed by atoms with Crippen molar-refractivity contribution in [2.75, 3.05) is 13.1 Å². The van der Waals surface area contributed by atoms with E-state index in [4.69, 9.17) is 4.74 Å². The van der Waals surface area contributed by atoms with Crippen molar-refractivity contribution in [3.8, 4) is 0 Å². The summed E-state index contributed by atoms with van der Waals surface area (Å²) >= 11 is 0. The molecule has 1 aliphatic rings. The SMILES string of the molecule is C[C@@]1(F)CCN(C(=O)OCc2ccccc2)C1. The van der Waals surface area contributed by atoms with Gasteiger partial charge in [-0.05, 0) is 12.5 Å². The van der Waals surface area contributed by atoms with E-state index >= 15 is 0 Å². The number of benzene rings is 1. The number of hydrogen-bond acceptors (Lipinski definition) is 2. The van der Waals surface area contributed by atoms with E-state index in [1.54, 1.807) is 0 Å². The highest BCUT2D eigenvalue weighted by atomic mass is 19.1. The minimum atomic E-state index is -1.27. The average Bonchev–Trinajstić information content (AvgIpc) is 2.68. The van der Waals surface area contributed by atoms with Gasteiger partial charge in [0.15, 0.2) is 0 Å². The first-order valence-electron chi connectivity index (χ1n) is 5.71. The summed E-state index contributed by atoms with van der Waals surface area (Å²) in [5.74, 6) is 0. The summed E-state index contributed by atoms with van der Waals surface area (Å²) in [4.78, 5) is 13.1. The van der Waals surface area contributed by atoms with E-state index in [1.165, 1.54) is 11.8 Å². The van der Waals surface area contributed by atoms with E-state index < -0.39 is 11.8 Å². The molecule has 0 spiro atoms. The number of likely N-dealkylation sites (tertiary alicyclic amines) is 1. The van der Waals surface area contributed by atoms with Crippen LogP contribution in [0.2, 0.25) is 0 Å². The van der Waals surface area contributed by atoms with Gasteiger partial charge in [-0.2, -0.15) is 0 Å². The van der Waals surface area contributed by atoms with Gasteiger partial charge in [0.1, 0.15) is 12.3 Å². The van der Waals surface area contributed by atoms with E-state index in [1.807, 2.05) is 30.3 Å². The molecule has 92 valence electrons. The molecule has 1 fully saturated rings. The summed E-state index contributed by atoms with van der Waals surface area (Å²) < 4.78 is 18.7. The summed E-state index contributed by atoms with van der Waals surface area (Å²) in [5.41, 5.74) is -0.339. The minimum Gasteiger partial charge on any atom is -0.445 e. The highest BCUT2D eigenvalue weighted by Crippen LogP contribution is 2.25. The van der Waals surface area contributed by atoms with Crippen LogP contribution in [0.15, 0.2) is 30.3 Å². The lowest BCUT2D eigenvalue weighted by Gasteiger charge is -2.17. The Bertz CT molecular complexity index is 392. The Morgan fingerprint density at radius 2 is 2.18 bits per heavy atom. The standard InChI is InChI=1S/C13H16FNO2/c1-13(14)7-8-15(10-13)12(16)17-9-11-5-3-2-4-6-11/h2-6H,7-10H2,1H3/t13-/m1/s1. The maximum absolute atomic E-state index is 13.5. The molecule has 1 amide bonds. The fourth-order valence-corrected chi connectivity index (χ4v) is 1.89.